The first-order valence-corrected chi connectivity index (χ1v) is 24.8. The Morgan fingerprint density at radius 1 is 0.394 bits per heavy atom. The summed E-state index contributed by atoms with van der Waals surface area (Å²) in [5, 5.41) is 4.01. The highest BCUT2D eigenvalue weighted by Gasteiger charge is 2.39. The van der Waals surface area contributed by atoms with Crippen LogP contribution in [0.2, 0.25) is 0 Å². The van der Waals surface area contributed by atoms with E-state index in [1.807, 2.05) is 24.3 Å². The van der Waals surface area contributed by atoms with Gasteiger partial charge in [-0.05, 0) is 114 Å². The Labute approximate surface area is 415 Å². The highest BCUT2D eigenvalue weighted by atomic mass is 32.1. The molecule has 0 radical (unpaired) electrons. The van der Waals surface area contributed by atoms with Crippen LogP contribution in [-0.4, -0.2) is 36.1 Å². The molecule has 0 spiro atoms. The number of aromatic nitrogens is 2. The van der Waals surface area contributed by atoms with E-state index >= 15 is 0 Å². The molecular formula is C64H46N2O4S. The lowest BCUT2D eigenvalue weighted by molar-refractivity contribution is 0.0592. The van der Waals surface area contributed by atoms with Gasteiger partial charge in [0.2, 0.25) is 0 Å². The van der Waals surface area contributed by atoms with Crippen molar-refractivity contribution in [3.63, 3.8) is 0 Å². The number of methoxy groups -OCH3 is 2. The zero-order valence-corrected chi connectivity index (χ0v) is 40.9. The highest BCUT2D eigenvalue weighted by Crippen LogP contribution is 2.58. The Kier molecular flexibility index (Phi) is 9.42. The number of thiophene rings is 1. The molecule has 0 amide bonds. The van der Waals surface area contributed by atoms with E-state index in [0.717, 1.165) is 86.7 Å². The van der Waals surface area contributed by atoms with E-state index in [1.165, 1.54) is 58.7 Å². The molecule has 11 aromatic rings. The summed E-state index contributed by atoms with van der Waals surface area (Å²) >= 11 is 1.80. The molecule has 0 saturated heterocycles. The number of hydrogen-bond acceptors (Lipinski definition) is 7. The molecule has 0 fully saturated rings. The quantitative estimate of drug-likeness (QED) is 0.122. The molecule has 0 saturated carbocycles. The number of ether oxygens (including phenoxy) is 2. The first-order chi connectivity index (χ1) is 34.5. The van der Waals surface area contributed by atoms with E-state index in [2.05, 4.69) is 149 Å². The summed E-state index contributed by atoms with van der Waals surface area (Å²) in [4.78, 5) is 38.8. The van der Waals surface area contributed by atoms with Gasteiger partial charge in [-0.3, -0.25) is 0 Å². The molecule has 2 aromatic heterocycles. The van der Waals surface area contributed by atoms with Crippen molar-refractivity contribution < 1.29 is 19.1 Å². The number of carbonyl (C=O) groups is 2. The van der Waals surface area contributed by atoms with Gasteiger partial charge >= 0.3 is 11.9 Å². The minimum atomic E-state index is -0.376. The van der Waals surface area contributed by atoms with Crippen molar-refractivity contribution in [1.29, 1.82) is 0 Å². The lowest BCUT2D eigenvalue weighted by Crippen LogP contribution is -2.14. The standard InChI is InChI=1S/C64H46N2O4S/c1-63(2)49-17-9-7-13-43(49)53-45(15-11-19-51(53)63)59-57-58(60(71-59)46-16-12-20-52-54(46)44-14-8-10-18-50(44)64(52,3)4)66-56-42-32-30-40(36-23-27-38(28-24-36)62(68)70-6)34-48(42)47-33-39(29-31-41(47)55(56)65-57)35-21-25-37(26-22-35)61(67)69-5/h7-34H,1-6H3. The van der Waals surface area contributed by atoms with E-state index in [0.29, 0.717) is 11.1 Å². The Morgan fingerprint density at radius 2 is 0.761 bits per heavy atom. The summed E-state index contributed by atoms with van der Waals surface area (Å²) in [5.41, 5.74) is 20.6. The van der Waals surface area contributed by atoms with E-state index in [9.17, 15) is 9.59 Å². The molecule has 7 heteroatoms. The molecule has 0 aliphatic heterocycles. The molecule has 0 atom stereocenters. The fraction of sp³-hybridized carbons (Fsp3) is 0.125. The second-order valence-electron chi connectivity index (χ2n) is 19.8. The molecule has 342 valence electrons. The number of esters is 2. The molecule has 0 unspecified atom stereocenters. The smallest absolute Gasteiger partial charge is 0.337 e. The Bertz CT molecular complexity index is 3840. The summed E-state index contributed by atoms with van der Waals surface area (Å²) in [6.07, 6.45) is 0. The first-order valence-electron chi connectivity index (χ1n) is 23.9. The van der Waals surface area contributed by atoms with Crippen LogP contribution >= 0.6 is 11.3 Å². The maximum absolute atomic E-state index is 12.4. The first kappa shape index (κ1) is 42.8. The van der Waals surface area contributed by atoms with Crippen LogP contribution in [0.4, 0.5) is 0 Å². The molecule has 2 aliphatic carbocycles. The fourth-order valence-electron chi connectivity index (χ4n) is 11.7. The second kappa shape index (κ2) is 15.6. The zero-order chi connectivity index (χ0) is 48.5. The van der Waals surface area contributed by atoms with E-state index in [-0.39, 0.29) is 22.8 Å². The maximum Gasteiger partial charge on any atom is 0.337 e. The lowest BCUT2D eigenvalue weighted by atomic mass is 9.82. The number of carbonyl (C=O) groups excluding carboxylic acids is 2. The average molecular weight is 939 g/mol. The summed E-state index contributed by atoms with van der Waals surface area (Å²) in [5.74, 6) is -0.751. The van der Waals surface area contributed by atoms with Gasteiger partial charge in [-0.2, -0.15) is 0 Å². The van der Waals surface area contributed by atoms with Gasteiger partial charge in [0.25, 0.3) is 0 Å². The van der Waals surface area contributed by atoms with Gasteiger partial charge in [-0.15, -0.1) is 11.3 Å². The molecule has 0 bridgehead atoms. The number of benzene rings is 9. The molecule has 2 aliphatic rings. The molecule has 2 heterocycles. The second-order valence-corrected chi connectivity index (χ2v) is 20.9. The van der Waals surface area contributed by atoms with Crippen molar-refractivity contribution >= 4 is 66.9 Å². The molecule has 71 heavy (non-hydrogen) atoms. The van der Waals surface area contributed by atoms with Crippen molar-refractivity contribution in [2.75, 3.05) is 14.2 Å². The highest BCUT2D eigenvalue weighted by molar-refractivity contribution is 7.21. The van der Waals surface area contributed by atoms with Gasteiger partial charge in [0.1, 0.15) is 11.0 Å². The minimum absolute atomic E-state index is 0.180. The van der Waals surface area contributed by atoms with Gasteiger partial charge in [-0.25, -0.2) is 19.6 Å². The van der Waals surface area contributed by atoms with Crippen molar-refractivity contribution in [1.82, 2.24) is 9.97 Å². The Balaban J connectivity index is 1.13. The molecule has 9 aromatic carbocycles. The van der Waals surface area contributed by atoms with Crippen molar-refractivity contribution in [3.8, 4) is 65.4 Å². The Hall–Kier alpha value is -8.26. The van der Waals surface area contributed by atoms with Gasteiger partial charge in [-0.1, -0.05) is 161 Å². The predicted octanol–water partition coefficient (Wildman–Crippen LogP) is 16.0. The lowest BCUT2D eigenvalue weighted by Gasteiger charge is -2.21. The maximum atomic E-state index is 12.4. The van der Waals surface area contributed by atoms with Crippen LogP contribution in [0.1, 0.15) is 70.7 Å². The van der Waals surface area contributed by atoms with Crippen LogP contribution in [0, 0.1) is 0 Å². The third-order valence-electron chi connectivity index (χ3n) is 15.4. The van der Waals surface area contributed by atoms with Crippen LogP contribution in [0.3, 0.4) is 0 Å². The van der Waals surface area contributed by atoms with Crippen molar-refractivity contribution in [2.45, 2.75) is 38.5 Å². The SMILES string of the molecule is COC(=O)c1ccc(-c2ccc3c(c2)c2cc(-c4ccc(C(=O)OC)cc4)ccc2c2nc4c(-c5cccc6c5-c5ccccc5C6(C)C)sc(-c5cccc6c5-c5ccccc5C6(C)C)c4nc32)cc1. The van der Waals surface area contributed by atoms with Gasteiger partial charge in [0, 0.05) is 32.7 Å². The van der Waals surface area contributed by atoms with E-state index in [4.69, 9.17) is 19.4 Å². The zero-order valence-electron chi connectivity index (χ0n) is 40.1. The largest absolute Gasteiger partial charge is 0.465 e. The van der Waals surface area contributed by atoms with Crippen LogP contribution in [-0.2, 0) is 20.3 Å². The summed E-state index contributed by atoms with van der Waals surface area (Å²) < 4.78 is 10.0. The topological polar surface area (TPSA) is 78.4 Å². The van der Waals surface area contributed by atoms with Crippen molar-refractivity contribution in [3.05, 3.63) is 203 Å². The van der Waals surface area contributed by atoms with Gasteiger partial charge in [0.15, 0.2) is 0 Å². The number of fused-ring (bicyclic) bond motifs is 13. The molecule has 0 N–H and O–H groups in total. The third kappa shape index (κ3) is 6.25. The normalized spacial score (nSPS) is 13.8. The summed E-state index contributed by atoms with van der Waals surface area (Å²) in [7, 11) is 2.79. The summed E-state index contributed by atoms with van der Waals surface area (Å²) in [6.45, 7) is 9.34. The fourth-order valence-corrected chi connectivity index (χ4v) is 13.0. The minimum Gasteiger partial charge on any atom is -0.465 e. The van der Waals surface area contributed by atoms with Crippen LogP contribution in [0.15, 0.2) is 170 Å². The van der Waals surface area contributed by atoms with Gasteiger partial charge in [0.05, 0.1) is 46.1 Å². The van der Waals surface area contributed by atoms with E-state index < -0.39 is 0 Å². The average Bonchev–Trinajstić information content (AvgIpc) is 3.99. The van der Waals surface area contributed by atoms with Crippen LogP contribution in [0.5, 0.6) is 0 Å². The number of rotatable bonds is 6. The Morgan fingerprint density at radius 3 is 1.17 bits per heavy atom. The van der Waals surface area contributed by atoms with E-state index in [1.54, 1.807) is 35.6 Å². The molecule has 6 nitrogen and oxygen atoms in total. The van der Waals surface area contributed by atoms with Crippen LogP contribution in [0.25, 0.3) is 109 Å². The molecule has 13 rings (SSSR count). The molecular weight excluding hydrogens is 893 g/mol. The van der Waals surface area contributed by atoms with Gasteiger partial charge < -0.3 is 9.47 Å². The monoisotopic (exact) mass is 938 g/mol. The number of hydrogen-bond donors (Lipinski definition) is 0. The summed E-state index contributed by atoms with van der Waals surface area (Å²) in [6, 6.07) is 59.4. The number of nitrogens with zero attached hydrogens (tertiary/aromatic N) is 2. The predicted molar refractivity (Wildman–Crippen MR) is 289 cm³/mol. The third-order valence-corrected chi connectivity index (χ3v) is 16.6. The van der Waals surface area contributed by atoms with Crippen LogP contribution < -0.4 is 0 Å². The van der Waals surface area contributed by atoms with Crippen molar-refractivity contribution in [2.24, 2.45) is 0 Å².